The van der Waals surface area contributed by atoms with Crippen LogP contribution in [0.3, 0.4) is 0 Å². The van der Waals surface area contributed by atoms with Gasteiger partial charge in [-0.1, -0.05) is 26.0 Å². The molecule has 1 aromatic carbocycles. The van der Waals surface area contributed by atoms with E-state index >= 15 is 0 Å². The van der Waals surface area contributed by atoms with Crippen molar-refractivity contribution in [3.8, 4) is 11.8 Å². The largest absolute Gasteiger partial charge is 0.224 e. The fourth-order valence-electron chi connectivity index (χ4n) is 1.51. The lowest BCUT2D eigenvalue weighted by Gasteiger charge is -2.08. The summed E-state index contributed by atoms with van der Waals surface area (Å²) in [7, 11) is -3.09. The van der Waals surface area contributed by atoms with Crippen molar-refractivity contribution in [1.82, 2.24) is 0 Å². The minimum atomic E-state index is -3.09. The van der Waals surface area contributed by atoms with Crippen LogP contribution in [0.15, 0.2) is 29.2 Å². The normalized spacial score (nSPS) is 12.6. The Bertz CT molecular complexity index is 516. The van der Waals surface area contributed by atoms with Gasteiger partial charge >= 0.3 is 0 Å². The van der Waals surface area contributed by atoms with Crippen LogP contribution in [0.1, 0.15) is 38.2 Å². The highest BCUT2D eigenvalue weighted by molar-refractivity contribution is 7.90. The molecule has 0 aliphatic heterocycles. The van der Waals surface area contributed by atoms with Gasteiger partial charge in [-0.2, -0.15) is 0 Å². The van der Waals surface area contributed by atoms with Crippen LogP contribution in [0, 0.1) is 11.8 Å². The number of hydrogen-bond donors (Lipinski definition) is 0. The van der Waals surface area contributed by atoms with Gasteiger partial charge in [0.2, 0.25) is 0 Å². The summed E-state index contributed by atoms with van der Waals surface area (Å²) in [6, 6.07) is 7.06. The second-order valence-corrected chi connectivity index (χ2v) is 6.17. The number of benzene rings is 1. The summed E-state index contributed by atoms with van der Waals surface area (Å²) in [5, 5.41) is 0. The molecule has 0 fully saturated rings. The molecular weight excluding hydrogens is 232 g/mol. The summed E-state index contributed by atoms with van der Waals surface area (Å²) in [5.41, 5.74) is 1.13. The molecule has 0 amide bonds. The van der Waals surface area contributed by atoms with E-state index in [-0.39, 0.29) is 0 Å². The molecule has 3 heteroatoms. The van der Waals surface area contributed by atoms with Gasteiger partial charge in [-0.3, -0.25) is 0 Å². The highest BCUT2D eigenvalue weighted by Crippen LogP contribution is 2.20. The highest BCUT2D eigenvalue weighted by atomic mass is 32.2. The molecule has 0 saturated heterocycles. The van der Waals surface area contributed by atoms with E-state index < -0.39 is 9.84 Å². The Hall–Kier alpha value is -1.27. The summed E-state index contributed by atoms with van der Waals surface area (Å²) in [6.45, 7) is 4.12. The molecule has 1 aromatic rings. The molecule has 92 valence electrons. The maximum atomic E-state index is 11.3. The van der Waals surface area contributed by atoms with Crippen molar-refractivity contribution >= 4 is 9.84 Å². The molecule has 2 nitrogen and oxygen atoms in total. The zero-order valence-corrected chi connectivity index (χ0v) is 11.3. The molecule has 17 heavy (non-hydrogen) atoms. The van der Waals surface area contributed by atoms with Crippen LogP contribution >= 0.6 is 0 Å². The van der Waals surface area contributed by atoms with Crippen LogP contribution in [0.2, 0.25) is 0 Å². The summed E-state index contributed by atoms with van der Waals surface area (Å²) in [5.74, 6) is 6.48. The molecule has 0 saturated carbocycles. The molecular formula is C14H18O2S. The summed E-state index contributed by atoms with van der Waals surface area (Å²) < 4.78 is 22.6. The van der Waals surface area contributed by atoms with Crippen molar-refractivity contribution in [2.24, 2.45) is 0 Å². The average Bonchev–Trinajstić information content (AvgIpc) is 2.28. The molecule has 0 N–H and O–H groups in total. The van der Waals surface area contributed by atoms with Gasteiger partial charge in [0.15, 0.2) is 9.84 Å². The first-order valence-corrected chi connectivity index (χ1v) is 7.60. The second kappa shape index (κ2) is 5.88. The van der Waals surface area contributed by atoms with Gasteiger partial charge in [-0.25, -0.2) is 8.42 Å². The van der Waals surface area contributed by atoms with Crippen molar-refractivity contribution in [3.63, 3.8) is 0 Å². The van der Waals surface area contributed by atoms with Crippen LogP contribution in [-0.4, -0.2) is 14.7 Å². The Labute approximate surface area is 104 Å². The maximum absolute atomic E-state index is 11.3. The number of sulfone groups is 1. The van der Waals surface area contributed by atoms with Gasteiger partial charge in [-0.05, 0) is 23.6 Å². The monoisotopic (exact) mass is 250 g/mol. The zero-order valence-electron chi connectivity index (χ0n) is 10.5. The zero-order chi connectivity index (χ0) is 12.9. The molecule has 0 aliphatic carbocycles. The maximum Gasteiger partial charge on any atom is 0.175 e. The quantitative estimate of drug-likeness (QED) is 0.773. The highest BCUT2D eigenvalue weighted by Gasteiger charge is 2.08. The first kappa shape index (κ1) is 13.8. The van der Waals surface area contributed by atoms with E-state index in [0.29, 0.717) is 10.8 Å². The third kappa shape index (κ3) is 4.24. The molecule has 0 heterocycles. The van der Waals surface area contributed by atoms with E-state index in [1.165, 1.54) is 6.26 Å². The SMILES string of the molecule is CCC#CCC(C)c1ccc(S(C)(=O)=O)cc1. The fourth-order valence-corrected chi connectivity index (χ4v) is 2.14. The van der Waals surface area contributed by atoms with Gasteiger partial charge in [0.1, 0.15) is 0 Å². The van der Waals surface area contributed by atoms with Crippen molar-refractivity contribution in [2.75, 3.05) is 6.26 Å². The third-order valence-electron chi connectivity index (χ3n) is 2.59. The minimum Gasteiger partial charge on any atom is -0.224 e. The van der Waals surface area contributed by atoms with Crippen molar-refractivity contribution < 1.29 is 8.42 Å². The predicted molar refractivity (Wildman–Crippen MR) is 70.7 cm³/mol. The Morgan fingerprint density at radius 1 is 1.18 bits per heavy atom. The van der Waals surface area contributed by atoms with Gasteiger partial charge in [-0.15, -0.1) is 11.8 Å². The third-order valence-corrected chi connectivity index (χ3v) is 3.72. The molecule has 1 atom stereocenters. The fraction of sp³-hybridized carbons (Fsp3) is 0.429. The van der Waals surface area contributed by atoms with Gasteiger partial charge in [0.05, 0.1) is 4.90 Å². The average molecular weight is 250 g/mol. The van der Waals surface area contributed by atoms with Crippen LogP contribution in [-0.2, 0) is 9.84 Å². The standard InChI is InChI=1S/C14H18O2S/c1-4-5-6-7-12(2)13-8-10-14(11-9-13)17(3,15)16/h8-12H,4,7H2,1-3H3. The lowest BCUT2D eigenvalue weighted by Crippen LogP contribution is -1.98. The van der Waals surface area contributed by atoms with Crippen LogP contribution in [0.25, 0.3) is 0 Å². The van der Waals surface area contributed by atoms with E-state index in [1.807, 2.05) is 19.1 Å². The molecule has 0 aromatic heterocycles. The lowest BCUT2D eigenvalue weighted by molar-refractivity contribution is 0.602. The first-order valence-electron chi connectivity index (χ1n) is 5.71. The predicted octanol–water partition coefficient (Wildman–Crippen LogP) is 3.00. The van der Waals surface area contributed by atoms with Gasteiger partial charge in [0, 0.05) is 19.1 Å². The summed E-state index contributed by atoms with van der Waals surface area (Å²) >= 11 is 0. The van der Waals surface area contributed by atoms with E-state index in [0.717, 1.165) is 18.4 Å². The van der Waals surface area contributed by atoms with Crippen molar-refractivity contribution in [2.45, 2.75) is 37.5 Å². The Balaban J connectivity index is 2.81. The summed E-state index contributed by atoms with van der Waals surface area (Å²) in [4.78, 5) is 0.369. The van der Waals surface area contributed by atoms with E-state index in [4.69, 9.17) is 0 Å². The second-order valence-electron chi connectivity index (χ2n) is 4.15. The summed E-state index contributed by atoms with van der Waals surface area (Å²) in [6.07, 6.45) is 2.91. The van der Waals surface area contributed by atoms with Crippen LogP contribution in [0.5, 0.6) is 0 Å². The first-order chi connectivity index (χ1) is 7.95. The molecule has 0 radical (unpaired) electrons. The topological polar surface area (TPSA) is 34.1 Å². The van der Waals surface area contributed by atoms with Crippen molar-refractivity contribution in [3.05, 3.63) is 29.8 Å². The smallest absolute Gasteiger partial charge is 0.175 e. The number of rotatable bonds is 3. The van der Waals surface area contributed by atoms with Gasteiger partial charge in [0.25, 0.3) is 0 Å². The Kier molecular flexibility index (Phi) is 4.77. The molecule has 0 bridgehead atoms. The minimum absolute atomic E-state index is 0.336. The van der Waals surface area contributed by atoms with Crippen LogP contribution < -0.4 is 0 Å². The Morgan fingerprint density at radius 2 is 1.76 bits per heavy atom. The molecule has 1 rings (SSSR count). The number of hydrogen-bond acceptors (Lipinski definition) is 2. The van der Waals surface area contributed by atoms with E-state index in [2.05, 4.69) is 18.8 Å². The lowest BCUT2D eigenvalue weighted by atomic mass is 9.98. The molecule has 1 unspecified atom stereocenters. The van der Waals surface area contributed by atoms with E-state index in [9.17, 15) is 8.42 Å². The Morgan fingerprint density at radius 3 is 2.24 bits per heavy atom. The van der Waals surface area contributed by atoms with Gasteiger partial charge < -0.3 is 0 Å². The molecule has 0 spiro atoms. The molecule has 0 aliphatic rings. The van der Waals surface area contributed by atoms with Crippen molar-refractivity contribution in [1.29, 1.82) is 0 Å². The van der Waals surface area contributed by atoms with Crippen LogP contribution in [0.4, 0.5) is 0 Å². The van der Waals surface area contributed by atoms with E-state index in [1.54, 1.807) is 12.1 Å².